The second kappa shape index (κ2) is 6.29. The van der Waals surface area contributed by atoms with Crippen LogP contribution in [0.3, 0.4) is 0 Å². The van der Waals surface area contributed by atoms with Gasteiger partial charge < -0.3 is 14.9 Å². The molecule has 26 heavy (non-hydrogen) atoms. The van der Waals surface area contributed by atoms with Crippen molar-refractivity contribution in [2.45, 2.75) is 13.8 Å². The van der Waals surface area contributed by atoms with Crippen molar-refractivity contribution in [1.29, 1.82) is 0 Å². The first-order valence-electron chi connectivity index (χ1n) is 8.55. The fraction of sp³-hybridized carbons (Fsp3) is 0.333. The minimum absolute atomic E-state index is 0.169. The molecule has 1 amide bonds. The van der Waals surface area contributed by atoms with E-state index in [1.165, 1.54) is 0 Å². The Morgan fingerprint density at radius 2 is 1.73 bits per heavy atom. The zero-order chi connectivity index (χ0) is 18.3. The zero-order valence-electron chi connectivity index (χ0n) is 14.8. The van der Waals surface area contributed by atoms with Crippen molar-refractivity contribution >= 4 is 17.4 Å². The largest absolute Gasteiger partial charge is 0.508 e. The molecule has 2 aromatic heterocycles. The zero-order valence-corrected chi connectivity index (χ0v) is 14.8. The topological polar surface area (TPSA) is 86.9 Å². The third-order valence-electron chi connectivity index (χ3n) is 4.59. The van der Waals surface area contributed by atoms with Gasteiger partial charge in [0, 0.05) is 43.3 Å². The van der Waals surface area contributed by atoms with Crippen LogP contribution >= 0.6 is 0 Å². The summed E-state index contributed by atoms with van der Waals surface area (Å²) in [6.45, 7) is 6.45. The molecule has 0 aliphatic carbocycles. The van der Waals surface area contributed by atoms with Crippen LogP contribution in [-0.2, 0) is 0 Å². The number of aryl methyl sites for hydroxylation is 2. The maximum atomic E-state index is 12.8. The normalized spacial score (nSPS) is 14.8. The van der Waals surface area contributed by atoms with Gasteiger partial charge >= 0.3 is 0 Å². The number of amides is 1. The number of phenols is 1. The fourth-order valence-corrected chi connectivity index (χ4v) is 3.23. The van der Waals surface area contributed by atoms with E-state index in [1.54, 1.807) is 21.5 Å². The van der Waals surface area contributed by atoms with Gasteiger partial charge in [0.25, 0.3) is 11.7 Å². The van der Waals surface area contributed by atoms with Crippen molar-refractivity contribution in [3.63, 3.8) is 0 Å². The van der Waals surface area contributed by atoms with Crippen LogP contribution in [0.2, 0.25) is 0 Å². The monoisotopic (exact) mass is 352 g/mol. The van der Waals surface area contributed by atoms with Gasteiger partial charge in [0.2, 0.25) is 5.82 Å². The molecule has 4 rings (SSSR count). The summed E-state index contributed by atoms with van der Waals surface area (Å²) in [4.78, 5) is 25.4. The van der Waals surface area contributed by atoms with Crippen molar-refractivity contribution in [2.75, 3.05) is 31.1 Å². The van der Waals surface area contributed by atoms with Crippen LogP contribution in [0.25, 0.3) is 5.78 Å². The molecule has 1 aliphatic rings. The molecule has 0 unspecified atom stereocenters. The Morgan fingerprint density at radius 3 is 2.42 bits per heavy atom. The predicted molar refractivity (Wildman–Crippen MR) is 96.5 cm³/mol. The average Bonchev–Trinajstić information content (AvgIpc) is 3.06. The molecule has 8 nitrogen and oxygen atoms in total. The molecular formula is C18H20N6O2. The summed E-state index contributed by atoms with van der Waals surface area (Å²) in [5.74, 6) is 0.718. The summed E-state index contributed by atoms with van der Waals surface area (Å²) in [6.07, 6.45) is 0. The highest BCUT2D eigenvalue weighted by atomic mass is 16.3. The summed E-state index contributed by atoms with van der Waals surface area (Å²) in [6, 6.07) is 9.02. The van der Waals surface area contributed by atoms with Gasteiger partial charge in [-0.1, -0.05) is 0 Å². The van der Waals surface area contributed by atoms with Gasteiger partial charge in [-0.05, 0) is 44.2 Å². The Labute approximate surface area is 150 Å². The van der Waals surface area contributed by atoms with E-state index in [0.717, 1.165) is 30.2 Å². The molecule has 1 saturated heterocycles. The van der Waals surface area contributed by atoms with Crippen molar-refractivity contribution in [1.82, 2.24) is 24.5 Å². The molecule has 0 radical (unpaired) electrons. The number of aromatic nitrogens is 4. The molecule has 1 aromatic carbocycles. The minimum Gasteiger partial charge on any atom is -0.508 e. The number of nitrogens with zero attached hydrogens (tertiary/aromatic N) is 6. The van der Waals surface area contributed by atoms with E-state index >= 15 is 0 Å². The Bertz CT molecular complexity index is 958. The van der Waals surface area contributed by atoms with Crippen LogP contribution < -0.4 is 4.90 Å². The highest BCUT2D eigenvalue weighted by molar-refractivity contribution is 5.91. The lowest BCUT2D eigenvalue weighted by atomic mass is 10.2. The first-order valence-corrected chi connectivity index (χ1v) is 8.55. The maximum absolute atomic E-state index is 12.8. The van der Waals surface area contributed by atoms with E-state index in [1.807, 2.05) is 32.0 Å². The molecule has 3 aromatic rings. The van der Waals surface area contributed by atoms with E-state index in [0.29, 0.717) is 18.9 Å². The van der Waals surface area contributed by atoms with Gasteiger partial charge in [-0.2, -0.15) is 4.98 Å². The third-order valence-corrected chi connectivity index (χ3v) is 4.59. The molecule has 3 heterocycles. The molecule has 0 saturated carbocycles. The smallest absolute Gasteiger partial charge is 0.293 e. The minimum atomic E-state index is -0.169. The van der Waals surface area contributed by atoms with E-state index in [4.69, 9.17) is 0 Å². The Balaban J connectivity index is 1.48. The lowest BCUT2D eigenvalue weighted by Gasteiger charge is -2.35. The molecule has 1 aliphatic heterocycles. The first-order chi connectivity index (χ1) is 12.5. The van der Waals surface area contributed by atoms with E-state index in [9.17, 15) is 9.90 Å². The number of carbonyl (C=O) groups is 1. The standard InChI is InChI=1S/C18H20N6O2/c1-12-11-13(2)24-18(19-12)20-16(21-24)17(26)23-9-7-22(8-10-23)14-3-5-15(25)6-4-14/h3-6,11,25H,7-10H2,1-2H3. The van der Waals surface area contributed by atoms with E-state index in [-0.39, 0.29) is 17.5 Å². The molecular weight excluding hydrogens is 332 g/mol. The van der Waals surface area contributed by atoms with Gasteiger partial charge in [-0.15, -0.1) is 5.10 Å². The Morgan fingerprint density at radius 1 is 1.04 bits per heavy atom. The number of rotatable bonds is 2. The summed E-state index contributed by atoms with van der Waals surface area (Å²) < 4.78 is 1.60. The number of benzene rings is 1. The average molecular weight is 352 g/mol. The number of aromatic hydroxyl groups is 1. The summed E-state index contributed by atoms with van der Waals surface area (Å²) in [7, 11) is 0. The molecule has 0 spiro atoms. The second-order valence-electron chi connectivity index (χ2n) is 6.48. The van der Waals surface area contributed by atoms with Crippen LogP contribution in [0.5, 0.6) is 5.75 Å². The van der Waals surface area contributed by atoms with Gasteiger partial charge in [-0.25, -0.2) is 9.50 Å². The lowest BCUT2D eigenvalue weighted by Crippen LogP contribution is -2.49. The van der Waals surface area contributed by atoms with Crippen LogP contribution in [0.1, 0.15) is 22.0 Å². The molecule has 0 atom stereocenters. The molecule has 1 N–H and O–H groups in total. The van der Waals surface area contributed by atoms with Crippen LogP contribution in [0, 0.1) is 13.8 Å². The quantitative estimate of drug-likeness (QED) is 0.750. The molecule has 134 valence electrons. The number of piperazine rings is 1. The van der Waals surface area contributed by atoms with Crippen LogP contribution in [0.4, 0.5) is 5.69 Å². The van der Waals surface area contributed by atoms with Gasteiger partial charge in [0.15, 0.2) is 0 Å². The second-order valence-corrected chi connectivity index (χ2v) is 6.48. The molecule has 8 heteroatoms. The van der Waals surface area contributed by atoms with E-state index < -0.39 is 0 Å². The molecule has 0 bridgehead atoms. The first kappa shape index (κ1) is 16.3. The number of carbonyl (C=O) groups excluding carboxylic acids is 1. The number of hydrogen-bond acceptors (Lipinski definition) is 6. The van der Waals surface area contributed by atoms with Crippen LogP contribution in [-0.4, -0.2) is 61.7 Å². The van der Waals surface area contributed by atoms with E-state index in [2.05, 4.69) is 20.0 Å². The molecule has 1 fully saturated rings. The number of fused-ring (bicyclic) bond motifs is 1. The highest BCUT2D eigenvalue weighted by Gasteiger charge is 2.25. The summed E-state index contributed by atoms with van der Waals surface area (Å²) in [5, 5.41) is 13.7. The summed E-state index contributed by atoms with van der Waals surface area (Å²) in [5.41, 5.74) is 2.79. The van der Waals surface area contributed by atoms with Crippen molar-refractivity contribution in [2.24, 2.45) is 0 Å². The highest BCUT2D eigenvalue weighted by Crippen LogP contribution is 2.20. The van der Waals surface area contributed by atoms with Gasteiger partial charge in [0.05, 0.1) is 0 Å². The number of phenolic OH excluding ortho intramolecular Hbond substituents is 1. The van der Waals surface area contributed by atoms with Crippen molar-refractivity contribution < 1.29 is 9.90 Å². The SMILES string of the molecule is Cc1cc(C)n2nc(C(=O)N3CCN(c4ccc(O)cc4)CC3)nc2n1. The lowest BCUT2D eigenvalue weighted by molar-refractivity contribution is 0.0734. The number of hydrogen-bond donors (Lipinski definition) is 1. The Kier molecular flexibility index (Phi) is 3.95. The predicted octanol–water partition coefficient (Wildman–Crippen LogP) is 1.41. The maximum Gasteiger partial charge on any atom is 0.293 e. The fourth-order valence-electron chi connectivity index (χ4n) is 3.23. The Hall–Kier alpha value is -3.16. The van der Waals surface area contributed by atoms with Gasteiger partial charge in [-0.3, -0.25) is 4.79 Å². The van der Waals surface area contributed by atoms with Crippen molar-refractivity contribution in [3.05, 3.63) is 47.5 Å². The third kappa shape index (κ3) is 2.94. The van der Waals surface area contributed by atoms with Crippen molar-refractivity contribution in [3.8, 4) is 5.75 Å². The summed E-state index contributed by atoms with van der Waals surface area (Å²) >= 11 is 0. The number of anilines is 1. The van der Waals surface area contributed by atoms with Gasteiger partial charge in [0.1, 0.15) is 5.75 Å². The van der Waals surface area contributed by atoms with Crippen LogP contribution in [0.15, 0.2) is 30.3 Å².